The van der Waals surface area contributed by atoms with E-state index < -0.39 is 5.82 Å². The van der Waals surface area contributed by atoms with Crippen LogP contribution in [-0.4, -0.2) is 63.9 Å². The summed E-state index contributed by atoms with van der Waals surface area (Å²) in [5.74, 6) is -0.806. The molecule has 2 saturated heterocycles. The number of amides is 2. The number of carbonyl (C=O) groups excluding carboxylic acids is 2. The summed E-state index contributed by atoms with van der Waals surface area (Å²) < 4.78 is 27.1. The summed E-state index contributed by atoms with van der Waals surface area (Å²) in [6, 6.07) is 6.31. The van der Waals surface area contributed by atoms with Gasteiger partial charge in [-0.3, -0.25) is 9.48 Å². The van der Waals surface area contributed by atoms with Crippen LogP contribution in [0.3, 0.4) is 0 Å². The summed E-state index contributed by atoms with van der Waals surface area (Å²) in [5.41, 5.74) is 1.19. The third-order valence-electron chi connectivity index (χ3n) is 6.09. The van der Waals surface area contributed by atoms with Gasteiger partial charge in [-0.2, -0.15) is 10.4 Å². The minimum Gasteiger partial charge on any atom is -0.486 e. The average Bonchev–Trinajstić information content (AvgIpc) is 3.19. The Morgan fingerprint density at radius 3 is 2.53 bits per heavy atom. The Balaban J connectivity index is 1.37. The third kappa shape index (κ3) is 4.98. The zero-order chi connectivity index (χ0) is 24.2. The van der Waals surface area contributed by atoms with Crippen LogP contribution in [-0.2, 0) is 11.3 Å². The van der Waals surface area contributed by atoms with Crippen molar-refractivity contribution in [1.82, 2.24) is 19.6 Å². The van der Waals surface area contributed by atoms with Gasteiger partial charge in [-0.25, -0.2) is 9.18 Å². The van der Waals surface area contributed by atoms with Crippen LogP contribution in [0.2, 0.25) is 0 Å². The van der Waals surface area contributed by atoms with Crippen LogP contribution < -0.4 is 4.74 Å². The molecule has 0 saturated carbocycles. The largest absolute Gasteiger partial charge is 0.486 e. The van der Waals surface area contributed by atoms with Gasteiger partial charge in [0.05, 0.1) is 18.3 Å². The van der Waals surface area contributed by atoms with Crippen molar-refractivity contribution in [1.29, 1.82) is 5.26 Å². The normalized spacial score (nSPS) is 16.2. The lowest BCUT2D eigenvalue weighted by Gasteiger charge is -2.32. The maximum absolute atomic E-state index is 14.5. The molecule has 0 spiro atoms. The number of halogens is 1. The molecule has 1 aromatic carbocycles. The van der Waals surface area contributed by atoms with E-state index in [-0.39, 0.29) is 36.5 Å². The summed E-state index contributed by atoms with van der Waals surface area (Å²) in [6.45, 7) is 6.01. The number of piperidine rings is 1. The van der Waals surface area contributed by atoms with Gasteiger partial charge in [0, 0.05) is 37.3 Å². The number of nitrogens with zero attached hydrogens (tertiary/aromatic N) is 5. The minimum atomic E-state index is -0.627. The van der Waals surface area contributed by atoms with Crippen molar-refractivity contribution in [3.63, 3.8) is 0 Å². The van der Waals surface area contributed by atoms with Gasteiger partial charge < -0.3 is 19.3 Å². The molecule has 0 atom stereocenters. The molecule has 1 aromatic heterocycles. The quantitative estimate of drug-likeness (QED) is 0.642. The van der Waals surface area contributed by atoms with Crippen LogP contribution in [0.4, 0.5) is 9.18 Å². The van der Waals surface area contributed by atoms with Crippen LogP contribution >= 0.6 is 0 Å². The van der Waals surface area contributed by atoms with Crippen molar-refractivity contribution < 1.29 is 23.5 Å². The molecule has 4 rings (SSSR count). The number of aromatic nitrogens is 2. The number of likely N-dealkylation sites (tertiary alicyclic amines) is 2. The first kappa shape index (κ1) is 23.5. The van der Waals surface area contributed by atoms with E-state index in [2.05, 4.69) is 11.2 Å². The first-order chi connectivity index (χ1) is 16.4. The van der Waals surface area contributed by atoms with Crippen molar-refractivity contribution in [2.24, 2.45) is 0 Å². The number of hydrogen-bond donors (Lipinski definition) is 0. The number of ether oxygens (including phenoxy) is 2. The van der Waals surface area contributed by atoms with Crippen LogP contribution in [0.25, 0.3) is 0 Å². The van der Waals surface area contributed by atoms with Gasteiger partial charge in [-0.05, 0) is 51.3 Å². The Kier molecular flexibility index (Phi) is 7.01. The lowest BCUT2D eigenvalue weighted by atomic mass is 10.1. The van der Waals surface area contributed by atoms with E-state index in [0.717, 1.165) is 6.42 Å². The number of hydrogen-bond acceptors (Lipinski definition) is 6. The molecule has 3 heterocycles. The standard InChI is InChI=1S/C24H28FN5O4/c1-16(2)34-24(32)29-10-6-19(7-11-29)30-21(13-26)18(14-27-30)15-33-22-5-4-17(12-20(22)25)23(31)28-8-3-9-28/h4-5,12,14,16,19H,3,6-11,15H2,1-2H3. The Morgan fingerprint density at radius 2 is 1.94 bits per heavy atom. The lowest BCUT2D eigenvalue weighted by molar-refractivity contribution is 0.0644. The van der Waals surface area contributed by atoms with Crippen molar-refractivity contribution in [3.8, 4) is 11.8 Å². The van der Waals surface area contributed by atoms with E-state index >= 15 is 0 Å². The fourth-order valence-electron chi connectivity index (χ4n) is 4.08. The Morgan fingerprint density at radius 1 is 1.21 bits per heavy atom. The predicted octanol–water partition coefficient (Wildman–Crippen LogP) is 3.50. The number of carbonyl (C=O) groups is 2. The summed E-state index contributed by atoms with van der Waals surface area (Å²) in [4.78, 5) is 27.7. The summed E-state index contributed by atoms with van der Waals surface area (Å²) in [7, 11) is 0. The van der Waals surface area contributed by atoms with Crippen LogP contribution in [0.5, 0.6) is 5.75 Å². The second-order valence-electron chi connectivity index (χ2n) is 8.81. The highest BCUT2D eigenvalue weighted by molar-refractivity contribution is 5.94. The first-order valence-electron chi connectivity index (χ1n) is 11.5. The van der Waals surface area contributed by atoms with Crippen LogP contribution in [0, 0.1) is 17.1 Å². The molecule has 0 N–H and O–H groups in total. The van der Waals surface area contributed by atoms with E-state index in [0.29, 0.717) is 55.8 Å². The molecule has 2 aliphatic rings. The Bertz CT molecular complexity index is 1100. The Labute approximate surface area is 197 Å². The molecule has 180 valence electrons. The highest BCUT2D eigenvalue weighted by Crippen LogP contribution is 2.27. The summed E-state index contributed by atoms with van der Waals surface area (Å²) >= 11 is 0. The van der Waals surface area contributed by atoms with Gasteiger partial charge in [0.1, 0.15) is 18.4 Å². The van der Waals surface area contributed by atoms with Gasteiger partial charge in [-0.15, -0.1) is 0 Å². The molecule has 0 unspecified atom stereocenters. The topological polar surface area (TPSA) is 101 Å². The number of benzene rings is 1. The van der Waals surface area contributed by atoms with E-state index in [1.54, 1.807) is 26.7 Å². The first-order valence-corrected chi connectivity index (χ1v) is 11.5. The number of nitriles is 1. The second kappa shape index (κ2) is 10.1. The molecule has 0 radical (unpaired) electrons. The molecule has 2 fully saturated rings. The lowest BCUT2D eigenvalue weighted by Crippen LogP contribution is -2.42. The zero-order valence-corrected chi connectivity index (χ0v) is 19.4. The van der Waals surface area contributed by atoms with Crippen molar-refractivity contribution >= 4 is 12.0 Å². The maximum atomic E-state index is 14.5. The third-order valence-corrected chi connectivity index (χ3v) is 6.09. The molecule has 2 aliphatic heterocycles. The molecule has 0 aliphatic carbocycles. The van der Waals surface area contributed by atoms with E-state index in [1.165, 1.54) is 12.1 Å². The predicted molar refractivity (Wildman–Crippen MR) is 120 cm³/mol. The smallest absolute Gasteiger partial charge is 0.410 e. The highest BCUT2D eigenvalue weighted by atomic mass is 19.1. The van der Waals surface area contributed by atoms with Crippen LogP contribution in [0.15, 0.2) is 24.4 Å². The summed E-state index contributed by atoms with van der Waals surface area (Å²) in [5, 5.41) is 14.1. The van der Waals surface area contributed by atoms with Crippen molar-refractivity contribution in [2.45, 2.75) is 51.9 Å². The van der Waals surface area contributed by atoms with Gasteiger partial charge in [0.2, 0.25) is 0 Å². The molecule has 9 nitrogen and oxygen atoms in total. The van der Waals surface area contributed by atoms with Crippen molar-refractivity contribution in [3.05, 3.63) is 47.0 Å². The molecule has 10 heteroatoms. The zero-order valence-electron chi connectivity index (χ0n) is 19.4. The molecule has 2 amide bonds. The van der Waals surface area contributed by atoms with Crippen molar-refractivity contribution in [2.75, 3.05) is 26.2 Å². The minimum absolute atomic E-state index is 0.00812. The fraction of sp³-hybridized carbons (Fsp3) is 0.500. The van der Waals surface area contributed by atoms with Gasteiger partial charge in [0.15, 0.2) is 11.6 Å². The Hall–Kier alpha value is -3.61. The summed E-state index contributed by atoms with van der Waals surface area (Å²) in [6.07, 6.45) is 3.30. The van der Waals surface area contributed by atoms with Gasteiger partial charge >= 0.3 is 6.09 Å². The average molecular weight is 470 g/mol. The molecule has 0 bridgehead atoms. The SMILES string of the molecule is CC(C)OC(=O)N1CCC(n2ncc(COc3ccc(C(=O)N4CCC4)cc3F)c2C#N)CC1. The maximum Gasteiger partial charge on any atom is 0.410 e. The molecule has 34 heavy (non-hydrogen) atoms. The molecule has 2 aromatic rings. The van der Waals surface area contributed by atoms with Gasteiger partial charge in [-0.1, -0.05) is 0 Å². The van der Waals surface area contributed by atoms with E-state index in [9.17, 15) is 19.2 Å². The second-order valence-corrected chi connectivity index (χ2v) is 8.81. The fourth-order valence-corrected chi connectivity index (χ4v) is 4.08. The monoisotopic (exact) mass is 469 g/mol. The molecular formula is C24H28FN5O4. The van der Waals surface area contributed by atoms with Crippen LogP contribution in [0.1, 0.15) is 60.8 Å². The number of rotatable bonds is 6. The van der Waals surface area contributed by atoms with E-state index in [1.807, 2.05) is 13.8 Å². The molecular weight excluding hydrogens is 441 g/mol. The highest BCUT2D eigenvalue weighted by Gasteiger charge is 2.28. The van der Waals surface area contributed by atoms with E-state index in [4.69, 9.17) is 9.47 Å². The van der Waals surface area contributed by atoms with Gasteiger partial charge in [0.25, 0.3) is 5.91 Å².